The highest BCUT2D eigenvalue weighted by Gasteiger charge is 2.17. The number of pyridine rings is 1. The molecule has 0 bridgehead atoms. The molecule has 0 aliphatic rings. The molecule has 0 unspecified atom stereocenters. The Morgan fingerprint density at radius 3 is 2.47 bits per heavy atom. The maximum absolute atomic E-state index is 11.3. The molecule has 15 heavy (non-hydrogen) atoms. The van der Waals surface area contributed by atoms with Crippen molar-refractivity contribution in [3.05, 3.63) is 28.5 Å². The Balaban J connectivity index is 3.15. The fourth-order valence-corrected chi connectivity index (χ4v) is 1.39. The SMILES string of the molecule is CNC(=O)c1ncc(C(C)(C)C)cc1Cl. The number of carbonyl (C=O) groups excluding carboxylic acids is 1. The Kier molecular flexibility index (Phi) is 3.35. The van der Waals surface area contributed by atoms with E-state index in [1.807, 2.05) is 0 Å². The number of amides is 1. The van der Waals surface area contributed by atoms with E-state index in [1.54, 1.807) is 19.3 Å². The smallest absolute Gasteiger partial charge is 0.271 e. The molecule has 1 aromatic heterocycles. The minimum Gasteiger partial charge on any atom is -0.354 e. The summed E-state index contributed by atoms with van der Waals surface area (Å²) in [4.78, 5) is 15.4. The van der Waals surface area contributed by atoms with Gasteiger partial charge in [0.1, 0.15) is 5.69 Å². The minimum atomic E-state index is -0.263. The summed E-state index contributed by atoms with van der Waals surface area (Å²) < 4.78 is 0. The molecule has 1 amide bonds. The predicted octanol–water partition coefficient (Wildman–Crippen LogP) is 2.39. The summed E-state index contributed by atoms with van der Waals surface area (Å²) in [5.41, 5.74) is 1.27. The van der Waals surface area contributed by atoms with Crippen LogP contribution in [0.5, 0.6) is 0 Å². The van der Waals surface area contributed by atoms with Gasteiger partial charge in [-0.25, -0.2) is 4.98 Å². The zero-order valence-corrected chi connectivity index (χ0v) is 10.1. The first kappa shape index (κ1) is 12.0. The lowest BCUT2D eigenvalue weighted by Gasteiger charge is -2.19. The maximum atomic E-state index is 11.3. The highest BCUT2D eigenvalue weighted by Crippen LogP contribution is 2.25. The van der Waals surface area contributed by atoms with Crippen molar-refractivity contribution in [2.45, 2.75) is 26.2 Å². The van der Waals surface area contributed by atoms with Crippen LogP contribution in [0.4, 0.5) is 0 Å². The van der Waals surface area contributed by atoms with Crippen LogP contribution in [0.3, 0.4) is 0 Å². The Labute approximate surface area is 94.9 Å². The minimum absolute atomic E-state index is 0.0160. The normalized spacial score (nSPS) is 11.3. The molecule has 0 aromatic carbocycles. The first-order valence-electron chi connectivity index (χ1n) is 4.74. The molecule has 0 radical (unpaired) electrons. The van der Waals surface area contributed by atoms with Crippen molar-refractivity contribution in [1.82, 2.24) is 10.3 Å². The molecule has 1 aromatic rings. The average molecular weight is 227 g/mol. The second-order valence-corrected chi connectivity index (χ2v) is 4.79. The maximum Gasteiger partial charge on any atom is 0.271 e. The number of nitrogens with zero attached hydrogens (tertiary/aromatic N) is 1. The van der Waals surface area contributed by atoms with Crippen molar-refractivity contribution < 1.29 is 4.79 Å². The highest BCUT2D eigenvalue weighted by atomic mass is 35.5. The van der Waals surface area contributed by atoms with Crippen molar-refractivity contribution in [3.8, 4) is 0 Å². The lowest BCUT2D eigenvalue weighted by atomic mass is 9.88. The molecule has 0 spiro atoms. The third kappa shape index (κ3) is 2.69. The number of hydrogen-bond donors (Lipinski definition) is 1. The van der Waals surface area contributed by atoms with Crippen molar-refractivity contribution >= 4 is 17.5 Å². The van der Waals surface area contributed by atoms with Crippen molar-refractivity contribution in [1.29, 1.82) is 0 Å². The lowest BCUT2D eigenvalue weighted by molar-refractivity contribution is 0.0958. The van der Waals surface area contributed by atoms with Crippen LogP contribution in [0.1, 0.15) is 36.8 Å². The molecular formula is C11H15ClN2O. The Morgan fingerprint density at radius 1 is 1.47 bits per heavy atom. The molecule has 0 aliphatic heterocycles. The highest BCUT2D eigenvalue weighted by molar-refractivity contribution is 6.33. The summed E-state index contributed by atoms with van der Waals surface area (Å²) in [5.74, 6) is -0.263. The van der Waals surface area contributed by atoms with Crippen molar-refractivity contribution in [2.24, 2.45) is 0 Å². The topological polar surface area (TPSA) is 42.0 Å². The number of carbonyl (C=O) groups is 1. The Morgan fingerprint density at radius 2 is 2.07 bits per heavy atom. The number of aromatic nitrogens is 1. The van der Waals surface area contributed by atoms with Gasteiger partial charge in [-0.05, 0) is 17.0 Å². The van der Waals surface area contributed by atoms with Crippen LogP contribution < -0.4 is 5.32 Å². The monoisotopic (exact) mass is 226 g/mol. The number of hydrogen-bond acceptors (Lipinski definition) is 2. The van der Waals surface area contributed by atoms with Gasteiger partial charge >= 0.3 is 0 Å². The number of halogens is 1. The third-order valence-corrected chi connectivity index (χ3v) is 2.44. The molecule has 0 fully saturated rings. The summed E-state index contributed by atoms with van der Waals surface area (Å²) in [6, 6.07) is 1.79. The van der Waals surface area contributed by atoms with Gasteiger partial charge in [0.05, 0.1) is 5.02 Å². The summed E-state index contributed by atoms with van der Waals surface area (Å²) in [6.45, 7) is 6.21. The van der Waals surface area contributed by atoms with Gasteiger partial charge in [0.15, 0.2) is 0 Å². The number of nitrogens with one attached hydrogen (secondary N) is 1. The Hall–Kier alpha value is -1.09. The predicted molar refractivity (Wildman–Crippen MR) is 61.3 cm³/mol. The van der Waals surface area contributed by atoms with Crippen LogP contribution in [-0.4, -0.2) is 17.9 Å². The van der Waals surface area contributed by atoms with Gasteiger partial charge in [-0.15, -0.1) is 0 Å². The van der Waals surface area contributed by atoms with Gasteiger partial charge in [0, 0.05) is 13.2 Å². The molecule has 82 valence electrons. The van der Waals surface area contributed by atoms with Crippen LogP contribution >= 0.6 is 11.6 Å². The molecule has 1 heterocycles. The van der Waals surface area contributed by atoms with Gasteiger partial charge in [-0.1, -0.05) is 32.4 Å². The van der Waals surface area contributed by atoms with Crippen LogP contribution in [0.15, 0.2) is 12.3 Å². The second-order valence-electron chi connectivity index (χ2n) is 4.38. The van der Waals surface area contributed by atoms with Crippen LogP contribution in [-0.2, 0) is 5.41 Å². The molecule has 0 aliphatic carbocycles. The average Bonchev–Trinajstić information content (AvgIpc) is 2.15. The van der Waals surface area contributed by atoms with Crippen LogP contribution in [0, 0.1) is 0 Å². The van der Waals surface area contributed by atoms with Gasteiger partial charge in [-0.2, -0.15) is 0 Å². The van der Waals surface area contributed by atoms with Gasteiger partial charge in [0.25, 0.3) is 5.91 Å². The molecule has 1 N–H and O–H groups in total. The lowest BCUT2D eigenvalue weighted by Crippen LogP contribution is -2.21. The van der Waals surface area contributed by atoms with Gasteiger partial charge in [0.2, 0.25) is 0 Å². The molecular weight excluding hydrogens is 212 g/mol. The molecule has 0 saturated carbocycles. The summed E-state index contributed by atoms with van der Waals surface area (Å²) in [5, 5.41) is 2.88. The fourth-order valence-electron chi connectivity index (χ4n) is 1.13. The molecule has 1 rings (SSSR count). The van der Waals surface area contributed by atoms with E-state index in [2.05, 4.69) is 31.1 Å². The van der Waals surface area contributed by atoms with E-state index in [1.165, 1.54) is 0 Å². The summed E-state index contributed by atoms with van der Waals surface area (Å²) in [6.07, 6.45) is 1.69. The standard InChI is InChI=1S/C11H15ClN2O/c1-11(2,3)7-5-8(12)9(14-6-7)10(15)13-4/h5-6H,1-4H3,(H,13,15). The van der Waals surface area contributed by atoms with E-state index in [0.717, 1.165) is 5.56 Å². The summed E-state index contributed by atoms with van der Waals surface area (Å²) >= 11 is 5.99. The first-order valence-corrected chi connectivity index (χ1v) is 5.12. The molecule has 0 atom stereocenters. The van der Waals surface area contributed by atoms with E-state index in [9.17, 15) is 4.79 Å². The number of rotatable bonds is 1. The first-order chi connectivity index (χ1) is 6.86. The van der Waals surface area contributed by atoms with E-state index in [4.69, 9.17) is 11.6 Å². The zero-order chi connectivity index (χ0) is 11.6. The third-order valence-electron chi connectivity index (χ3n) is 2.15. The quantitative estimate of drug-likeness (QED) is 0.799. The second kappa shape index (κ2) is 4.19. The zero-order valence-electron chi connectivity index (χ0n) is 9.39. The fraction of sp³-hybridized carbons (Fsp3) is 0.455. The van der Waals surface area contributed by atoms with Crippen LogP contribution in [0.2, 0.25) is 5.02 Å². The van der Waals surface area contributed by atoms with Gasteiger partial charge in [-0.3, -0.25) is 4.79 Å². The van der Waals surface area contributed by atoms with Gasteiger partial charge < -0.3 is 5.32 Å². The summed E-state index contributed by atoms with van der Waals surface area (Å²) in [7, 11) is 1.55. The van der Waals surface area contributed by atoms with Crippen LogP contribution in [0.25, 0.3) is 0 Å². The van der Waals surface area contributed by atoms with Crippen molar-refractivity contribution in [3.63, 3.8) is 0 Å². The van der Waals surface area contributed by atoms with Crippen molar-refractivity contribution in [2.75, 3.05) is 7.05 Å². The molecule has 4 heteroatoms. The van der Waals surface area contributed by atoms with E-state index in [-0.39, 0.29) is 17.0 Å². The largest absolute Gasteiger partial charge is 0.354 e. The van der Waals surface area contributed by atoms with E-state index < -0.39 is 0 Å². The van der Waals surface area contributed by atoms with E-state index >= 15 is 0 Å². The van der Waals surface area contributed by atoms with E-state index in [0.29, 0.717) is 5.02 Å². The molecule has 0 saturated heterocycles. The molecule has 3 nitrogen and oxygen atoms in total. The Bertz CT molecular complexity index is 383.